The van der Waals surface area contributed by atoms with Crippen LogP contribution in [-0.2, 0) is 24.2 Å². The minimum Gasteiger partial charge on any atom is -0.341 e. The van der Waals surface area contributed by atoms with Crippen LogP contribution in [0.2, 0.25) is 0 Å². The number of hydrogen-bond donors (Lipinski definition) is 0. The van der Waals surface area contributed by atoms with E-state index in [1.54, 1.807) is 17.7 Å². The molecule has 27 heavy (non-hydrogen) atoms. The molecule has 0 N–H and O–H groups in total. The van der Waals surface area contributed by atoms with Gasteiger partial charge in [-0.25, -0.2) is 18.9 Å². The quantitative estimate of drug-likeness (QED) is 0.678. The van der Waals surface area contributed by atoms with Crippen molar-refractivity contribution in [2.45, 2.75) is 52.0 Å². The number of nitrogens with zero attached hydrogens (tertiary/aromatic N) is 5. The first-order valence-corrected chi connectivity index (χ1v) is 10.6. The first-order chi connectivity index (χ1) is 13.1. The van der Waals surface area contributed by atoms with E-state index in [1.165, 1.54) is 25.9 Å². The number of fused-ring (bicyclic) bond motifs is 5. The van der Waals surface area contributed by atoms with Crippen LogP contribution in [0.4, 0.5) is 0 Å². The zero-order chi connectivity index (χ0) is 18.5. The third-order valence-electron chi connectivity index (χ3n) is 5.87. The summed E-state index contributed by atoms with van der Waals surface area (Å²) < 4.78 is 2.81. The molecule has 4 heterocycles. The Kier molecular flexibility index (Phi) is 4.03. The van der Waals surface area contributed by atoms with Gasteiger partial charge in [0.25, 0.3) is 0 Å². The van der Waals surface area contributed by atoms with Crippen LogP contribution in [0.5, 0.6) is 0 Å². The number of rotatable bonds is 2. The van der Waals surface area contributed by atoms with Crippen LogP contribution < -0.4 is 5.69 Å². The molecule has 0 saturated carbocycles. The lowest BCUT2D eigenvalue weighted by Crippen LogP contribution is -2.39. The lowest BCUT2D eigenvalue weighted by Gasteiger charge is -2.26. The van der Waals surface area contributed by atoms with Gasteiger partial charge in [0, 0.05) is 18.0 Å². The Morgan fingerprint density at radius 3 is 2.93 bits per heavy atom. The van der Waals surface area contributed by atoms with Crippen molar-refractivity contribution in [1.82, 2.24) is 24.1 Å². The molecule has 0 radical (unpaired) electrons. The summed E-state index contributed by atoms with van der Waals surface area (Å²) in [5, 5.41) is 5.57. The Morgan fingerprint density at radius 1 is 1.30 bits per heavy atom. The summed E-state index contributed by atoms with van der Waals surface area (Å²) in [6.07, 6.45) is 8.03. The molecule has 5 rings (SSSR count). The summed E-state index contributed by atoms with van der Waals surface area (Å²) in [6, 6.07) is 0. The first-order valence-electron chi connectivity index (χ1n) is 9.78. The minimum absolute atomic E-state index is 0.00533. The van der Waals surface area contributed by atoms with E-state index in [4.69, 9.17) is 0 Å². The highest BCUT2D eigenvalue weighted by atomic mass is 32.1. The molecule has 0 aromatic carbocycles. The van der Waals surface area contributed by atoms with Crippen LogP contribution in [0.3, 0.4) is 0 Å². The van der Waals surface area contributed by atoms with Gasteiger partial charge >= 0.3 is 5.69 Å². The topological polar surface area (TPSA) is 72.5 Å². The third-order valence-corrected chi connectivity index (χ3v) is 7.03. The van der Waals surface area contributed by atoms with Gasteiger partial charge in [-0.2, -0.15) is 0 Å². The summed E-state index contributed by atoms with van der Waals surface area (Å²) in [5.74, 6) is 0.661. The highest BCUT2D eigenvalue weighted by Crippen LogP contribution is 2.38. The molecule has 1 aliphatic heterocycles. The molecule has 0 unspecified atom stereocenters. The van der Waals surface area contributed by atoms with Crippen molar-refractivity contribution >= 4 is 33.1 Å². The zero-order valence-electron chi connectivity index (χ0n) is 15.5. The molecule has 7 nitrogen and oxygen atoms in total. The second kappa shape index (κ2) is 6.44. The molecule has 8 heteroatoms. The molecule has 3 aromatic rings. The third kappa shape index (κ3) is 2.77. The molecule has 1 saturated heterocycles. The van der Waals surface area contributed by atoms with E-state index < -0.39 is 0 Å². The molecule has 1 aliphatic carbocycles. The van der Waals surface area contributed by atoms with Crippen molar-refractivity contribution < 1.29 is 4.79 Å². The number of aromatic nitrogens is 4. The maximum atomic E-state index is 12.8. The van der Waals surface area contributed by atoms with Crippen molar-refractivity contribution in [3.05, 3.63) is 27.3 Å². The molecular weight excluding hydrogens is 362 g/mol. The molecule has 1 amide bonds. The van der Waals surface area contributed by atoms with E-state index in [0.717, 1.165) is 55.4 Å². The van der Waals surface area contributed by atoms with E-state index in [0.29, 0.717) is 11.6 Å². The lowest BCUT2D eigenvalue weighted by molar-refractivity contribution is -0.132. The van der Waals surface area contributed by atoms with E-state index in [9.17, 15) is 9.59 Å². The van der Waals surface area contributed by atoms with Gasteiger partial charge in [0.15, 0.2) is 5.65 Å². The van der Waals surface area contributed by atoms with E-state index >= 15 is 0 Å². The molecule has 1 atom stereocenters. The fraction of sp³-hybridized carbons (Fsp3) is 0.579. The average Bonchev–Trinajstić information content (AvgIpc) is 3.19. The molecule has 0 spiro atoms. The number of amides is 1. The SMILES string of the molecule is C[C@@H]1CCc2c(sc3ncn4c(=O)n(CC(=O)N5CCCCC5)nc4c23)C1. The summed E-state index contributed by atoms with van der Waals surface area (Å²) >= 11 is 1.72. The van der Waals surface area contributed by atoms with E-state index in [-0.39, 0.29) is 18.1 Å². The van der Waals surface area contributed by atoms with Gasteiger partial charge in [-0.15, -0.1) is 16.4 Å². The molecule has 2 aliphatic rings. The normalized spacial score (nSPS) is 20.3. The van der Waals surface area contributed by atoms with Gasteiger partial charge in [0.2, 0.25) is 5.91 Å². The van der Waals surface area contributed by atoms with Gasteiger partial charge in [-0.05, 0) is 50.0 Å². The van der Waals surface area contributed by atoms with Gasteiger partial charge < -0.3 is 4.90 Å². The predicted molar refractivity (Wildman–Crippen MR) is 104 cm³/mol. The largest absolute Gasteiger partial charge is 0.352 e. The van der Waals surface area contributed by atoms with Crippen molar-refractivity contribution in [1.29, 1.82) is 0 Å². The number of carbonyl (C=O) groups is 1. The van der Waals surface area contributed by atoms with Crippen LogP contribution in [0.1, 0.15) is 43.0 Å². The summed E-state index contributed by atoms with van der Waals surface area (Å²) in [5.41, 5.74) is 1.66. The van der Waals surface area contributed by atoms with Crippen molar-refractivity contribution in [3.8, 4) is 0 Å². The molecular formula is C19H23N5O2S. The molecule has 3 aromatic heterocycles. The van der Waals surface area contributed by atoms with Crippen LogP contribution in [0, 0.1) is 5.92 Å². The number of thiophene rings is 1. The maximum Gasteiger partial charge on any atom is 0.352 e. The van der Waals surface area contributed by atoms with Crippen LogP contribution in [0.15, 0.2) is 11.1 Å². The van der Waals surface area contributed by atoms with E-state index in [2.05, 4.69) is 17.0 Å². The first kappa shape index (κ1) is 16.9. The molecule has 1 fully saturated rings. The lowest BCUT2D eigenvalue weighted by atomic mass is 9.89. The second-order valence-corrected chi connectivity index (χ2v) is 8.94. The maximum absolute atomic E-state index is 12.8. The Labute approximate surface area is 160 Å². The van der Waals surface area contributed by atoms with Gasteiger partial charge in [-0.1, -0.05) is 6.92 Å². The highest BCUT2D eigenvalue weighted by molar-refractivity contribution is 7.19. The number of piperidine rings is 1. The number of likely N-dealkylation sites (tertiary alicyclic amines) is 1. The summed E-state index contributed by atoms with van der Waals surface area (Å²) in [4.78, 5) is 34.1. The Bertz CT molecular complexity index is 1090. The van der Waals surface area contributed by atoms with Crippen molar-refractivity contribution in [2.24, 2.45) is 5.92 Å². The number of hydrogen-bond acceptors (Lipinski definition) is 5. The number of aryl methyl sites for hydroxylation is 1. The fourth-order valence-corrected chi connectivity index (χ4v) is 5.68. The average molecular weight is 385 g/mol. The van der Waals surface area contributed by atoms with Gasteiger partial charge in [-0.3, -0.25) is 4.79 Å². The molecule has 142 valence electrons. The van der Waals surface area contributed by atoms with Crippen LogP contribution in [0.25, 0.3) is 15.9 Å². The van der Waals surface area contributed by atoms with Crippen LogP contribution in [-0.4, -0.2) is 43.1 Å². The number of carbonyl (C=O) groups excluding carboxylic acids is 1. The zero-order valence-corrected chi connectivity index (χ0v) is 16.3. The molecule has 0 bridgehead atoms. The Morgan fingerprint density at radius 2 is 2.11 bits per heavy atom. The van der Waals surface area contributed by atoms with Crippen molar-refractivity contribution in [2.75, 3.05) is 13.1 Å². The highest BCUT2D eigenvalue weighted by Gasteiger charge is 2.25. The second-order valence-electron chi connectivity index (χ2n) is 7.85. The standard InChI is InChI=1S/C19H23N5O2S/c1-12-5-6-13-14(9-12)27-18-16(13)17-21-24(19(26)23(17)11-20-18)10-15(25)22-7-3-2-4-8-22/h11-12H,2-10H2,1H3/t12-/m1/s1. The Hall–Kier alpha value is -2.22. The van der Waals surface area contributed by atoms with E-state index in [1.807, 2.05) is 4.90 Å². The summed E-state index contributed by atoms with van der Waals surface area (Å²) in [7, 11) is 0. The van der Waals surface area contributed by atoms with Gasteiger partial charge in [0.05, 0.1) is 5.39 Å². The van der Waals surface area contributed by atoms with Crippen molar-refractivity contribution in [3.63, 3.8) is 0 Å². The predicted octanol–water partition coefficient (Wildman–Crippen LogP) is 2.24. The van der Waals surface area contributed by atoms with Gasteiger partial charge in [0.1, 0.15) is 17.7 Å². The Balaban J connectivity index is 1.57. The minimum atomic E-state index is -0.283. The smallest absolute Gasteiger partial charge is 0.341 e. The monoisotopic (exact) mass is 385 g/mol. The van der Waals surface area contributed by atoms with Crippen LogP contribution >= 0.6 is 11.3 Å². The fourth-order valence-electron chi connectivity index (χ4n) is 4.34. The summed E-state index contributed by atoms with van der Waals surface area (Å²) in [6.45, 7) is 3.85.